The summed E-state index contributed by atoms with van der Waals surface area (Å²) in [6, 6.07) is 11.0. The molecule has 30 heavy (non-hydrogen) atoms. The zero-order chi connectivity index (χ0) is 21.3. The first-order chi connectivity index (χ1) is 14.5. The maximum atomic E-state index is 13.0. The topological polar surface area (TPSA) is 115 Å². The summed E-state index contributed by atoms with van der Waals surface area (Å²) in [4.78, 5) is 38.1. The van der Waals surface area contributed by atoms with Crippen LogP contribution < -0.4 is 5.32 Å². The minimum Gasteiger partial charge on any atom is -0.449 e. The van der Waals surface area contributed by atoms with E-state index in [1.54, 1.807) is 29.2 Å². The number of hydrogen-bond donors (Lipinski definition) is 1. The monoisotopic (exact) mass is 473 g/mol. The third-order valence-corrected chi connectivity index (χ3v) is 5.40. The summed E-state index contributed by atoms with van der Waals surface area (Å²) in [5, 5.41) is 14.4. The van der Waals surface area contributed by atoms with E-state index in [0.717, 1.165) is 0 Å². The van der Waals surface area contributed by atoms with Gasteiger partial charge in [0.25, 0.3) is 17.5 Å². The van der Waals surface area contributed by atoms with Crippen LogP contribution in [-0.4, -0.2) is 47.9 Å². The summed E-state index contributed by atoms with van der Waals surface area (Å²) in [6.45, 7) is 1.69. The van der Waals surface area contributed by atoms with Crippen LogP contribution in [0.25, 0.3) is 11.0 Å². The maximum Gasteiger partial charge on any atom is 0.291 e. The first kappa shape index (κ1) is 20.0. The fourth-order valence-corrected chi connectivity index (χ4v) is 3.60. The molecule has 10 heteroatoms. The summed E-state index contributed by atoms with van der Waals surface area (Å²) in [5.74, 6) is -0.933. The number of amides is 2. The number of nitro groups is 1. The molecule has 2 aromatic carbocycles. The zero-order valence-corrected chi connectivity index (χ0v) is 17.2. The fourth-order valence-electron chi connectivity index (χ4n) is 3.21. The van der Waals surface area contributed by atoms with Gasteiger partial charge in [0, 0.05) is 30.1 Å². The Morgan fingerprint density at radius 2 is 1.87 bits per heavy atom. The molecule has 0 spiro atoms. The van der Waals surface area contributed by atoms with E-state index in [9.17, 15) is 19.7 Å². The molecule has 154 valence electrons. The van der Waals surface area contributed by atoms with Gasteiger partial charge in [-0.15, -0.1) is 0 Å². The van der Waals surface area contributed by atoms with E-state index in [4.69, 9.17) is 9.15 Å². The molecule has 2 amide bonds. The molecule has 9 nitrogen and oxygen atoms in total. The number of carbonyl (C=O) groups excluding carboxylic acids is 2. The molecule has 0 saturated carbocycles. The molecule has 0 bridgehead atoms. The number of halogens is 1. The second-order valence-corrected chi connectivity index (χ2v) is 7.44. The highest BCUT2D eigenvalue weighted by Crippen LogP contribution is 2.33. The van der Waals surface area contributed by atoms with Gasteiger partial charge in [0.1, 0.15) is 11.3 Å². The van der Waals surface area contributed by atoms with Crippen LogP contribution in [0, 0.1) is 10.1 Å². The number of morpholine rings is 1. The molecule has 1 N–H and O–H groups in total. The first-order valence-corrected chi connectivity index (χ1v) is 9.89. The van der Waals surface area contributed by atoms with Crippen molar-refractivity contribution in [3.8, 4) is 0 Å². The van der Waals surface area contributed by atoms with Crippen LogP contribution in [0.15, 0.2) is 51.4 Å². The zero-order valence-electron chi connectivity index (χ0n) is 15.6. The van der Waals surface area contributed by atoms with Crippen molar-refractivity contribution in [2.75, 3.05) is 31.6 Å². The van der Waals surface area contributed by atoms with Gasteiger partial charge in [-0.05, 0) is 40.2 Å². The van der Waals surface area contributed by atoms with E-state index >= 15 is 0 Å². The minimum absolute atomic E-state index is 0.0121. The molecule has 1 aliphatic rings. The predicted octanol–water partition coefficient (Wildman–Crippen LogP) is 3.83. The average molecular weight is 474 g/mol. The molecule has 3 aromatic rings. The lowest BCUT2D eigenvalue weighted by atomic mass is 10.1. The molecule has 0 unspecified atom stereocenters. The molecule has 2 heterocycles. The molecular formula is C20H16BrN3O6. The molecule has 1 aliphatic heterocycles. The Balaban J connectivity index is 1.71. The van der Waals surface area contributed by atoms with E-state index in [-0.39, 0.29) is 33.1 Å². The van der Waals surface area contributed by atoms with Gasteiger partial charge in [-0.3, -0.25) is 19.7 Å². The summed E-state index contributed by atoms with van der Waals surface area (Å²) in [5.41, 5.74) is 0.535. The molecular weight excluding hydrogens is 458 g/mol. The third-order valence-electron chi connectivity index (χ3n) is 4.73. The number of fused-ring (bicyclic) bond motifs is 1. The lowest BCUT2D eigenvalue weighted by Gasteiger charge is -2.26. The molecule has 0 radical (unpaired) electrons. The first-order valence-electron chi connectivity index (χ1n) is 9.09. The number of hydrogen-bond acceptors (Lipinski definition) is 6. The van der Waals surface area contributed by atoms with Gasteiger partial charge in [-0.2, -0.15) is 0 Å². The Labute approximate surface area is 178 Å². The summed E-state index contributed by atoms with van der Waals surface area (Å²) in [6.07, 6.45) is 0. The van der Waals surface area contributed by atoms with Crippen molar-refractivity contribution in [3.63, 3.8) is 0 Å². The highest BCUT2D eigenvalue weighted by Gasteiger charge is 2.28. The Hall–Kier alpha value is -3.24. The lowest BCUT2D eigenvalue weighted by molar-refractivity contribution is -0.385. The van der Waals surface area contributed by atoms with Crippen LogP contribution in [-0.2, 0) is 4.74 Å². The number of nitrogens with zero attached hydrogens (tertiary/aromatic N) is 2. The number of benzene rings is 2. The van der Waals surface area contributed by atoms with Crippen molar-refractivity contribution >= 4 is 50.1 Å². The summed E-state index contributed by atoms with van der Waals surface area (Å²) in [7, 11) is 0. The van der Waals surface area contributed by atoms with E-state index in [2.05, 4.69) is 21.2 Å². The largest absolute Gasteiger partial charge is 0.449 e. The van der Waals surface area contributed by atoms with Crippen LogP contribution in [0.5, 0.6) is 0 Å². The van der Waals surface area contributed by atoms with Gasteiger partial charge in [-0.1, -0.05) is 12.1 Å². The summed E-state index contributed by atoms with van der Waals surface area (Å²) >= 11 is 3.10. The van der Waals surface area contributed by atoms with Crippen molar-refractivity contribution in [2.24, 2.45) is 0 Å². The Morgan fingerprint density at radius 1 is 1.13 bits per heavy atom. The van der Waals surface area contributed by atoms with Crippen molar-refractivity contribution in [2.45, 2.75) is 0 Å². The molecule has 0 aliphatic carbocycles. The van der Waals surface area contributed by atoms with E-state index in [0.29, 0.717) is 37.3 Å². The number of ether oxygens (including phenoxy) is 1. The fraction of sp³-hybridized carbons (Fsp3) is 0.200. The number of furan rings is 1. The average Bonchev–Trinajstić information content (AvgIpc) is 3.12. The van der Waals surface area contributed by atoms with Crippen LogP contribution in [0.2, 0.25) is 0 Å². The van der Waals surface area contributed by atoms with Gasteiger partial charge < -0.3 is 19.4 Å². The van der Waals surface area contributed by atoms with E-state index in [1.165, 1.54) is 18.2 Å². The molecule has 0 atom stereocenters. The second kappa shape index (κ2) is 8.25. The molecule has 1 fully saturated rings. The Morgan fingerprint density at radius 3 is 2.60 bits per heavy atom. The number of anilines is 1. The standard InChI is InChI=1S/C20H16BrN3O6/c21-14-6-5-12(11-15(14)24(27)28)19(25)22-17-13-3-1-2-4-16(13)30-18(17)20(26)23-7-9-29-10-8-23/h1-6,11H,7-10H2,(H,22,25). The van der Waals surface area contributed by atoms with Gasteiger partial charge in [0.2, 0.25) is 5.76 Å². The number of nitrogens with one attached hydrogen (secondary N) is 1. The van der Waals surface area contributed by atoms with Crippen LogP contribution >= 0.6 is 15.9 Å². The highest BCUT2D eigenvalue weighted by molar-refractivity contribution is 9.10. The second-order valence-electron chi connectivity index (χ2n) is 6.58. The molecule has 4 rings (SSSR count). The lowest BCUT2D eigenvalue weighted by Crippen LogP contribution is -2.40. The van der Waals surface area contributed by atoms with Gasteiger partial charge >= 0.3 is 0 Å². The van der Waals surface area contributed by atoms with Crippen molar-refractivity contribution < 1.29 is 23.7 Å². The molecule has 1 aromatic heterocycles. The number of rotatable bonds is 4. The van der Waals surface area contributed by atoms with Crippen LogP contribution in [0.3, 0.4) is 0 Å². The van der Waals surface area contributed by atoms with Gasteiger partial charge in [0.15, 0.2) is 0 Å². The van der Waals surface area contributed by atoms with Gasteiger partial charge in [0.05, 0.1) is 22.6 Å². The smallest absolute Gasteiger partial charge is 0.291 e. The normalized spacial score (nSPS) is 14.0. The van der Waals surface area contributed by atoms with Crippen molar-refractivity contribution in [1.29, 1.82) is 0 Å². The summed E-state index contributed by atoms with van der Waals surface area (Å²) < 4.78 is 11.3. The van der Waals surface area contributed by atoms with Crippen molar-refractivity contribution in [3.05, 3.63) is 68.4 Å². The maximum absolute atomic E-state index is 13.0. The van der Waals surface area contributed by atoms with E-state index in [1.807, 2.05) is 0 Å². The number of para-hydroxylation sites is 1. The minimum atomic E-state index is -0.590. The quantitative estimate of drug-likeness (QED) is 0.454. The number of nitro benzene ring substituents is 1. The van der Waals surface area contributed by atoms with Crippen molar-refractivity contribution in [1.82, 2.24) is 4.90 Å². The Kier molecular flexibility index (Phi) is 5.51. The SMILES string of the molecule is O=C(Nc1c(C(=O)N2CCOCC2)oc2ccccc12)c1ccc(Br)c([N+](=O)[O-])c1. The van der Waals surface area contributed by atoms with Gasteiger partial charge in [-0.25, -0.2) is 0 Å². The Bertz CT molecular complexity index is 1150. The third kappa shape index (κ3) is 3.79. The van der Waals surface area contributed by atoms with Crippen LogP contribution in [0.1, 0.15) is 20.9 Å². The van der Waals surface area contributed by atoms with Crippen LogP contribution in [0.4, 0.5) is 11.4 Å². The highest BCUT2D eigenvalue weighted by atomic mass is 79.9. The van der Waals surface area contributed by atoms with E-state index < -0.39 is 10.8 Å². The number of carbonyl (C=O) groups is 2. The molecule has 1 saturated heterocycles. The predicted molar refractivity (Wildman–Crippen MR) is 112 cm³/mol.